The summed E-state index contributed by atoms with van der Waals surface area (Å²) < 4.78 is 9.59. The monoisotopic (exact) mass is 198 g/mol. The molecule has 2 atom stereocenters. The van der Waals surface area contributed by atoms with Gasteiger partial charge in [0.2, 0.25) is 0 Å². The fourth-order valence-electron chi connectivity index (χ4n) is 1.77. The average molecular weight is 198 g/mol. The highest BCUT2D eigenvalue weighted by Gasteiger charge is 2.53. The lowest BCUT2D eigenvalue weighted by Crippen LogP contribution is -2.36. The Balaban J connectivity index is 2.98. The van der Waals surface area contributed by atoms with Crippen LogP contribution in [-0.4, -0.2) is 25.2 Å². The lowest BCUT2D eigenvalue weighted by molar-refractivity contribution is -0.163. The zero-order valence-electron chi connectivity index (χ0n) is 8.41. The summed E-state index contributed by atoms with van der Waals surface area (Å²) in [6.45, 7) is 5.29. The first kappa shape index (κ1) is 10.8. The van der Waals surface area contributed by atoms with Crippen LogP contribution in [0.5, 0.6) is 0 Å². The molecule has 1 rings (SSSR count). The van der Waals surface area contributed by atoms with Gasteiger partial charge in [-0.05, 0) is 13.3 Å². The van der Waals surface area contributed by atoms with E-state index in [-0.39, 0.29) is 12.5 Å². The van der Waals surface area contributed by atoms with Crippen LogP contribution in [0.25, 0.3) is 0 Å². The number of hydrogen-bond donors (Lipinski definition) is 0. The molecular formula is C10H14O4. The molecule has 0 aromatic carbocycles. The van der Waals surface area contributed by atoms with E-state index in [2.05, 4.69) is 11.3 Å². The predicted octanol–water partition coefficient (Wildman–Crippen LogP) is 1.06. The second-order valence-electron chi connectivity index (χ2n) is 3.49. The summed E-state index contributed by atoms with van der Waals surface area (Å²) in [6.07, 6.45) is 1.94. The average Bonchev–Trinajstić information content (AvgIpc) is 2.42. The molecular weight excluding hydrogens is 184 g/mol. The van der Waals surface area contributed by atoms with Gasteiger partial charge in [-0.15, -0.1) is 6.58 Å². The molecule has 1 aliphatic rings. The highest BCUT2D eigenvalue weighted by Crippen LogP contribution is 2.38. The van der Waals surface area contributed by atoms with E-state index in [1.54, 1.807) is 6.92 Å². The normalized spacial score (nSPS) is 31.0. The molecule has 78 valence electrons. The number of rotatable bonds is 3. The number of carbonyl (C=O) groups is 2. The standard InChI is InChI=1S/C10H14O4/c1-4-5-10(8(11)13-3)6-7(2)14-9(10)12/h4,7H,1,5-6H2,2-3H3. The number of carbonyl (C=O) groups excluding carboxylic acids is 2. The van der Waals surface area contributed by atoms with Crippen molar-refractivity contribution < 1.29 is 19.1 Å². The van der Waals surface area contributed by atoms with E-state index in [9.17, 15) is 9.59 Å². The van der Waals surface area contributed by atoms with Crippen LogP contribution in [-0.2, 0) is 19.1 Å². The van der Waals surface area contributed by atoms with E-state index >= 15 is 0 Å². The number of cyclic esters (lactones) is 1. The van der Waals surface area contributed by atoms with E-state index in [0.29, 0.717) is 6.42 Å². The van der Waals surface area contributed by atoms with Gasteiger partial charge in [0.15, 0.2) is 5.41 Å². The molecule has 1 aliphatic heterocycles. The summed E-state index contributed by atoms with van der Waals surface area (Å²) in [7, 11) is 1.27. The lowest BCUT2D eigenvalue weighted by atomic mass is 9.81. The molecule has 1 saturated heterocycles. The van der Waals surface area contributed by atoms with Crippen LogP contribution in [0.3, 0.4) is 0 Å². The van der Waals surface area contributed by atoms with Gasteiger partial charge >= 0.3 is 11.9 Å². The summed E-state index contributed by atoms with van der Waals surface area (Å²) in [5.74, 6) is -1.04. The van der Waals surface area contributed by atoms with Gasteiger partial charge in [-0.3, -0.25) is 9.59 Å². The van der Waals surface area contributed by atoms with Crippen LogP contribution >= 0.6 is 0 Å². The third-order valence-electron chi connectivity index (χ3n) is 2.40. The summed E-state index contributed by atoms with van der Waals surface area (Å²) in [6, 6.07) is 0. The van der Waals surface area contributed by atoms with E-state index in [4.69, 9.17) is 4.74 Å². The van der Waals surface area contributed by atoms with Gasteiger partial charge in [0.05, 0.1) is 7.11 Å². The van der Waals surface area contributed by atoms with Crippen LogP contribution in [0, 0.1) is 5.41 Å². The molecule has 4 nitrogen and oxygen atoms in total. The van der Waals surface area contributed by atoms with Crippen LogP contribution in [0.1, 0.15) is 19.8 Å². The third-order valence-corrected chi connectivity index (χ3v) is 2.40. The fraction of sp³-hybridized carbons (Fsp3) is 0.600. The third kappa shape index (κ3) is 1.52. The van der Waals surface area contributed by atoms with E-state index in [1.165, 1.54) is 13.2 Å². The van der Waals surface area contributed by atoms with Crippen molar-refractivity contribution in [2.24, 2.45) is 5.41 Å². The van der Waals surface area contributed by atoms with Gasteiger partial charge in [-0.25, -0.2) is 0 Å². The highest BCUT2D eigenvalue weighted by molar-refractivity contribution is 6.01. The van der Waals surface area contributed by atoms with Crippen molar-refractivity contribution in [3.05, 3.63) is 12.7 Å². The first-order valence-corrected chi connectivity index (χ1v) is 4.47. The van der Waals surface area contributed by atoms with Crippen LogP contribution in [0.15, 0.2) is 12.7 Å². The minimum atomic E-state index is -1.16. The Morgan fingerprint density at radius 3 is 2.86 bits per heavy atom. The Morgan fingerprint density at radius 1 is 1.86 bits per heavy atom. The number of allylic oxidation sites excluding steroid dienone is 1. The molecule has 0 amide bonds. The maximum Gasteiger partial charge on any atom is 0.324 e. The summed E-state index contributed by atoms with van der Waals surface area (Å²) in [5, 5.41) is 0. The second kappa shape index (κ2) is 3.82. The minimum absolute atomic E-state index is 0.235. The molecule has 0 aliphatic carbocycles. The molecule has 1 heterocycles. The number of methoxy groups -OCH3 is 1. The zero-order chi connectivity index (χ0) is 10.8. The highest BCUT2D eigenvalue weighted by atomic mass is 16.6. The first-order valence-electron chi connectivity index (χ1n) is 4.47. The molecule has 1 fully saturated rings. The van der Waals surface area contributed by atoms with Gasteiger partial charge in [0.1, 0.15) is 6.10 Å². The Labute approximate surface area is 82.9 Å². The van der Waals surface area contributed by atoms with Crippen LogP contribution in [0.4, 0.5) is 0 Å². The van der Waals surface area contributed by atoms with Crippen molar-refractivity contribution in [2.45, 2.75) is 25.9 Å². The summed E-state index contributed by atoms with van der Waals surface area (Å²) in [5.41, 5.74) is -1.16. The van der Waals surface area contributed by atoms with Crippen molar-refractivity contribution in [1.29, 1.82) is 0 Å². The Morgan fingerprint density at radius 2 is 2.50 bits per heavy atom. The summed E-state index contributed by atoms with van der Waals surface area (Å²) >= 11 is 0. The van der Waals surface area contributed by atoms with Crippen molar-refractivity contribution in [3.8, 4) is 0 Å². The van der Waals surface area contributed by atoms with E-state index in [0.717, 1.165) is 0 Å². The Kier molecular flexibility index (Phi) is 2.93. The SMILES string of the molecule is C=CCC1(C(=O)OC)CC(C)OC1=O. The topological polar surface area (TPSA) is 52.6 Å². The predicted molar refractivity (Wildman–Crippen MR) is 49.4 cm³/mol. The Bertz CT molecular complexity index is 261. The molecule has 0 aromatic rings. The number of ether oxygens (including phenoxy) is 2. The van der Waals surface area contributed by atoms with Crippen LogP contribution in [0.2, 0.25) is 0 Å². The van der Waals surface area contributed by atoms with Crippen molar-refractivity contribution in [1.82, 2.24) is 0 Å². The molecule has 4 heteroatoms. The van der Waals surface area contributed by atoms with E-state index in [1.807, 2.05) is 0 Å². The largest absolute Gasteiger partial charge is 0.468 e. The number of hydrogen-bond acceptors (Lipinski definition) is 4. The molecule has 0 saturated carbocycles. The van der Waals surface area contributed by atoms with E-state index < -0.39 is 17.4 Å². The molecule has 0 spiro atoms. The van der Waals surface area contributed by atoms with Crippen molar-refractivity contribution in [2.75, 3.05) is 7.11 Å². The fourth-order valence-corrected chi connectivity index (χ4v) is 1.77. The van der Waals surface area contributed by atoms with Crippen molar-refractivity contribution in [3.63, 3.8) is 0 Å². The smallest absolute Gasteiger partial charge is 0.324 e. The molecule has 0 aromatic heterocycles. The Hall–Kier alpha value is -1.32. The number of esters is 2. The molecule has 2 unspecified atom stereocenters. The quantitative estimate of drug-likeness (QED) is 0.386. The second-order valence-corrected chi connectivity index (χ2v) is 3.49. The molecule has 0 bridgehead atoms. The van der Waals surface area contributed by atoms with Gasteiger partial charge in [-0.2, -0.15) is 0 Å². The first-order chi connectivity index (χ1) is 6.56. The summed E-state index contributed by atoms with van der Waals surface area (Å²) in [4.78, 5) is 23.0. The van der Waals surface area contributed by atoms with Gasteiger partial charge in [-0.1, -0.05) is 6.08 Å². The molecule has 0 radical (unpaired) electrons. The van der Waals surface area contributed by atoms with Crippen LogP contribution < -0.4 is 0 Å². The van der Waals surface area contributed by atoms with Gasteiger partial charge in [0, 0.05) is 6.42 Å². The molecule has 0 N–H and O–H groups in total. The lowest BCUT2D eigenvalue weighted by Gasteiger charge is -2.19. The maximum absolute atomic E-state index is 11.5. The van der Waals surface area contributed by atoms with Gasteiger partial charge < -0.3 is 9.47 Å². The maximum atomic E-state index is 11.5. The van der Waals surface area contributed by atoms with Gasteiger partial charge in [0.25, 0.3) is 0 Å². The minimum Gasteiger partial charge on any atom is -0.468 e. The van der Waals surface area contributed by atoms with Crippen molar-refractivity contribution >= 4 is 11.9 Å². The zero-order valence-corrected chi connectivity index (χ0v) is 8.41. The molecule has 14 heavy (non-hydrogen) atoms.